The van der Waals surface area contributed by atoms with Gasteiger partial charge in [0.25, 0.3) is 0 Å². The lowest BCUT2D eigenvalue weighted by Gasteiger charge is -2.08. The van der Waals surface area contributed by atoms with Crippen molar-refractivity contribution >= 4 is 29.3 Å². The number of ether oxygens (including phenoxy) is 1. The molecule has 1 aromatic heterocycles. The molecule has 0 atom stereocenters. The Morgan fingerprint density at radius 3 is 2.53 bits per heavy atom. The van der Waals surface area contributed by atoms with Crippen LogP contribution in [0.25, 0.3) is 0 Å². The van der Waals surface area contributed by atoms with Gasteiger partial charge in [-0.1, -0.05) is 11.6 Å². The Labute approximate surface area is 119 Å². The summed E-state index contributed by atoms with van der Waals surface area (Å²) < 4.78 is 5.47. The predicted octanol–water partition coefficient (Wildman–Crippen LogP) is 3.95. The number of hydrogen-bond donors (Lipinski definition) is 1. The van der Waals surface area contributed by atoms with Crippen LogP contribution in [-0.4, -0.2) is 22.3 Å². The predicted molar refractivity (Wildman–Crippen MR) is 74.5 cm³/mol. The molecule has 0 spiro atoms. The van der Waals surface area contributed by atoms with E-state index in [0.29, 0.717) is 5.75 Å². The van der Waals surface area contributed by atoms with Crippen LogP contribution in [0.5, 0.6) is 11.6 Å². The average Bonchev–Trinajstić information content (AvgIpc) is 2.39. The Hall–Kier alpha value is -1.72. The number of halogens is 1. The lowest BCUT2D eigenvalue weighted by molar-refractivity contribution is 0.0693. The molecule has 1 aromatic carbocycles. The largest absolute Gasteiger partial charge is 0.477 e. The Bertz CT molecular complexity index is 601. The van der Waals surface area contributed by atoms with Gasteiger partial charge in [-0.2, -0.15) is 0 Å². The van der Waals surface area contributed by atoms with E-state index >= 15 is 0 Å². The number of nitrogens with zero attached hydrogens (tertiary/aromatic N) is 1. The first kappa shape index (κ1) is 13.7. The number of pyridine rings is 1. The minimum atomic E-state index is -1.11. The number of rotatable bonds is 4. The van der Waals surface area contributed by atoms with E-state index in [1.54, 1.807) is 23.9 Å². The topological polar surface area (TPSA) is 59.4 Å². The van der Waals surface area contributed by atoms with Crippen molar-refractivity contribution in [1.82, 2.24) is 4.98 Å². The van der Waals surface area contributed by atoms with Crippen LogP contribution in [0.15, 0.2) is 41.3 Å². The van der Waals surface area contributed by atoms with Crippen LogP contribution in [0.4, 0.5) is 0 Å². The molecule has 2 aromatic rings. The first-order valence-electron chi connectivity index (χ1n) is 5.32. The number of hydrogen-bond acceptors (Lipinski definition) is 4. The van der Waals surface area contributed by atoms with Crippen LogP contribution in [0, 0.1) is 0 Å². The van der Waals surface area contributed by atoms with Gasteiger partial charge in [-0.05, 0) is 42.7 Å². The molecule has 1 N–H and O–H groups in total. The van der Waals surface area contributed by atoms with Crippen LogP contribution in [0.1, 0.15) is 10.4 Å². The molecule has 0 radical (unpaired) electrons. The minimum Gasteiger partial charge on any atom is -0.477 e. The summed E-state index contributed by atoms with van der Waals surface area (Å²) in [6.07, 6.45) is 1.97. The van der Waals surface area contributed by atoms with Crippen molar-refractivity contribution < 1.29 is 14.6 Å². The maximum Gasteiger partial charge on any atom is 0.341 e. The number of carboxylic acid groups (broad SMARTS) is 1. The van der Waals surface area contributed by atoms with Gasteiger partial charge in [-0.25, -0.2) is 9.78 Å². The summed E-state index contributed by atoms with van der Waals surface area (Å²) in [6, 6.07) is 10.0. The molecule has 0 aliphatic rings. The van der Waals surface area contributed by atoms with E-state index in [2.05, 4.69) is 4.98 Å². The third-order valence-corrected chi connectivity index (χ3v) is 3.28. The van der Waals surface area contributed by atoms with Crippen LogP contribution in [-0.2, 0) is 0 Å². The van der Waals surface area contributed by atoms with E-state index in [1.807, 2.05) is 18.4 Å². The Morgan fingerprint density at radius 2 is 1.95 bits per heavy atom. The highest BCUT2D eigenvalue weighted by Gasteiger charge is 2.14. The van der Waals surface area contributed by atoms with Crippen LogP contribution in [0.3, 0.4) is 0 Å². The van der Waals surface area contributed by atoms with E-state index in [4.69, 9.17) is 21.4 Å². The molecule has 1 heterocycles. The molecular formula is C13H10ClNO3S. The molecule has 6 heteroatoms. The number of thioether (sulfide) groups is 1. The molecule has 0 bridgehead atoms. The monoisotopic (exact) mass is 295 g/mol. The molecular weight excluding hydrogens is 286 g/mol. The zero-order valence-corrected chi connectivity index (χ0v) is 11.5. The van der Waals surface area contributed by atoms with E-state index in [0.717, 1.165) is 4.90 Å². The number of aromatic carboxylic acids is 1. The highest BCUT2D eigenvalue weighted by Crippen LogP contribution is 2.26. The van der Waals surface area contributed by atoms with Crippen molar-refractivity contribution in [3.63, 3.8) is 0 Å². The van der Waals surface area contributed by atoms with Crippen molar-refractivity contribution in [3.8, 4) is 11.6 Å². The van der Waals surface area contributed by atoms with Gasteiger partial charge in [0.1, 0.15) is 16.5 Å². The smallest absolute Gasteiger partial charge is 0.341 e. The summed E-state index contributed by atoms with van der Waals surface area (Å²) in [5.41, 5.74) is -0.0293. The molecule has 98 valence electrons. The quantitative estimate of drug-likeness (QED) is 0.683. The van der Waals surface area contributed by atoms with Crippen molar-refractivity contribution in [1.29, 1.82) is 0 Å². The second-order valence-electron chi connectivity index (χ2n) is 3.57. The van der Waals surface area contributed by atoms with Gasteiger partial charge in [0, 0.05) is 4.90 Å². The van der Waals surface area contributed by atoms with Crippen LogP contribution in [0.2, 0.25) is 5.15 Å². The van der Waals surface area contributed by atoms with E-state index < -0.39 is 5.97 Å². The van der Waals surface area contributed by atoms with Gasteiger partial charge in [0.05, 0.1) is 0 Å². The third kappa shape index (κ3) is 3.39. The fourth-order valence-electron chi connectivity index (χ4n) is 1.41. The zero-order chi connectivity index (χ0) is 13.8. The maximum atomic E-state index is 11.1. The number of aromatic nitrogens is 1. The van der Waals surface area contributed by atoms with Crippen LogP contribution >= 0.6 is 23.4 Å². The minimum absolute atomic E-state index is 0.0168. The lowest BCUT2D eigenvalue weighted by atomic mass is 10.3. The molecule has 0 saturated carbocycles. The maximum absolute atomic E-state index is 11.1. The normalized spacial score (nSPS) is 10.2. The zero-order valence-electron chi connectivity index (χ0n) is 9.96. The fraction of sp³-hybridized carbons (Fsp3) is 0.0769. The number of carboxylic acids is 1. The van der Waals surface area contributed by atoms with E-state index in [1.165, 1.54) is 12.1 Å². The fourth-order valence-corrected chi connectivity index (χ4v) is 1.96. The lowest BCUT2D eigenvalue weighted by Crippen LogP contribution is -2.02. The van der Waals surface area contributed by atoms with Crippen molar-refractivity contribution in [2.45, 2.75) is 4.90 Å². The molecule has 0 aliphatic carbocycles. The molecule has 19 heavy (non-hydrogen) atoms. The first-order chi connectivity index (χ1) is 9.10. The van der Waals surface area contributed by atoms with Gasteiger partial charge in [-0.15, -0.1) is 11.8 Å². The van der Waals surface area contributed by atoms with E-state index in [9.17, 15) is 4.79 Å². The highest BCUT2D eigenvalue weighted by molar-refractivity contribution is 7.98. The first-order valence-corrected chi connectivity index (χ1v) is 6.92. The molecule has 0 aliphatic heterocycles. The Kier molecular flexibility index (Phi) is 4.29. The second-order valence-corrected chi connectivity index (χ2v) is 4.84. The SMILES string of the molecule is CSc1ccc(Oc2nc(Cl)ccc2C(=O)O)cc1. The molecule has 2 rings (SSSR count). The van der Waals surface area contributed by atoms with Gasteiger partial charge in [0.15, 0.2) is 0 Å². The van der Waals surface area contributed by atoms with E-state index in [-0.39, 0.29) is 16.6 Å². The summed E-state index contributed by atoms with van der Waals surface area (Å²) in [4.78, 5) is 16.0. The summed E-state index contributed by atoms with van der Waals surface area (Å²) in [6.45, 7) is 0. The van der Waals surface area contributed by atoms with Gasteiger partial charge >= 0.3 is 5.97 Å². The third-order valence-electron chi connectivity index (χ3n) is 2.33. The van der Waals surface area contributed by atoms with Gasteiger partial charge in [-0.3, -0.25) is 0 Å². The molecule has 4 nitrogen and oxygen atoms in total. The standard InChI is InChI=1S/C13H10ClNO3S/c1-19-9-4-2-8(3-5-9)18-12-10(13(16)17)6-7-11(14)15-12/h2-7H,1H3,(H,16,17). The van der Waals surface area contributed by atoms with Gasteiger partial charge in [0.2, 0.25) is 5.88 Å². The Balaban J connectivity index is 2.31. The van der Waals surface area contributed by atoms with Crippen molar-refractivity contribution in [2.75, 3.05) is 6.26 Å². The Morgan fingerprint density at radius 1 is 1.26 bits per heavy atom. The summed E-state index contributed by atoms with van der Waals surface area (Å²) >= 11 is 7.36. The summed E-state index contributed by atoms with van der Waals surface area (Å²) in [7, 11) is 0. The molecule has 0 amide bonds. The van der Waals surface area contributed by atoms with Crippen LogP contribution < -0.4 is 4.74 Å². The molecule has 0 unspecified atom stereocenters. The number of carbonyl (C=O) groups is 1. The molecule has 0 saturated heterocycles. The van der Waals surface area contributed by atoms with Gasteiger partial charge < -0.3 is 9.84 Å². The average molecular weight is 296 g/mol. The molecule has 0 fully saturated rings. The highest BCUT2D eigenvalue weighted by atomic mass is 35.5. The summed E-state index contributed by atoms with van der Waals surface area (Å²) in [5.74, 6) is -0.619. The van der Waals surface area contributed by atoms with Crippen molar-refractivity contribution in [3.05, 3.63) is 47.1 Å². The van der Waals surface area contributed by atoms with Crippen molar-refractivity contribution in [2.24, 2.45) is 0 Å². The second kappa shape index (κ2) is 5.95. The summed E-state index contributed by atoms with van der Waals surface area (Å²) in [5, 5.41) is 9.23. The number of benzene rings is 1.